The molecule has 0 bridgehead atoms. The predicted molar refractivity (Wildman–Crippen MR) is 115 cm³/mol. The summed E-state index contributed by atoms with van der Waals surface area (Å²) < 4.78 is 10.9. The molecule has 30 heavy (non-hydrogen) atoms. The van der Waals surface area contributed by atoms with Gasteiger partial charge in [0, 0.05) is 25.4 Å². The minimum atomic E-state index is -0.175. The van der Waals surface area contributed by atoms with Gasteiger partial charge in [0.25, 0.3) is 5.91 Å². The van der Waals surface area contributed by atoms with Gasteiger partial charge in [-0.3, -0.25) is 9.59 Å². The first-order valence-corrected chi connectivity index (χ1v) is 11.0. The van der Waals surface area contributed by atoms with Gasteiger partial charge in [0.1, 0.15) is 5.01 Å². The van der Waals surface area contributed by atoms with Crippen LogP contribution in [0.3, 0.4) is 0 Å². The molecule has 1 saturated carbocycles. The fourth-order valence-electron chi connectivity index (χ4n) is 3.00. The summed E-state index contributed by atoms with van der Waals surface area (Å²) in [5.41, 5.74) is 0. The van der Waals surface area contributed by atoms with Crippen molar-refractivity contribution in [3.05, 3.63) is 29.3 Å². The number of anilines is 1. The van der Waals surface area contributed by atoms with Crippen molar-refractivity contribution in [3.8, 4) is 11.5 Å². The van der Waals surface area contributed by atoms with Crippen LogP contribution in [0.15, 0.2) is 24.3 Å². The number of amides is 2. The lowest BCUT2D eigenvalue weighted by molar-refractivity contribution is -0.134. The van der Waals surface area contributed by atoms with Gasteiger partial charge in [-0.05, 0) is 30.9 Å². The average Bonchev–Trinajstić information content (AvgIpc) is 3.46. The van der Waals surface area contributed by atoms with Gasteiger partial charge in [-0.15, -0.1) is 10.2 Å². The smallest absolute Gasteiger partial charge is 0.260 e. The Morgan fingerprint density at radius 3 is 2.63 bits per heavy atom. The van der Waals surface area contributed by atoms with Crippen LogP contribution in [0.5, 0.6) is 11.5 Å². The summed E-state index contributed by atoms with van der Waals surface area (Å²) >= 11 is 1.39. The molecule has 1 aliphatic rings. The quantitative estimate of drug-likeness (QED) is 0.586. The monoisotopic (exact) mass is 432 g/mol. The number of ether oxygens (including phenoxy) is 2. The summed E-state index contributed by atoms with van der Waals surface area (Å²) in [6, 6.07) is 7.39. The first kappa shape index (κ1) is 22.0. The Hall–Kier alpha value is -2.68. The lowest BCUT2D eigenvalue weighted by atomic mass is 10.1. The van der Waals surface area contributed by atoms with Gasteiger partial charge in [0.05, 0.1) is 7.11 Å². The average molecular weight is 433 g/mol. The highest BCUT2D eigenvalue weighted by Gasteiger charge is 2.33. The van der Waals surface area contributed by atoms with Crippen LogP contribution in [-0.2, 0) is 16.0 Å². The van der Waals surface area contributed by atoms with Crippen molar-refractivity contribution < 1.29 is 19.1 Å². The van der Waals surface area contributed by atoms with Crippen LogP contribution < -0.4 is 14.8 Å². The van der Waals surface area contributed by atoms with Gasteiger partial charge >= 0.3 is 0 Å². The van der Waals surface area contributed by atoms with Crippen molar-refractivity contribution in [2.24, 2.45) is 5.92 Å². The highest BCUT2D eigenvalue weighted by Crippen LogP contribution is 2.29. The van der Waals surface area contributed by atoms with Gasteiger partial charge in [-0.2, -0.15) is 0 Å². The Kier molecular flexibility index (Phi) is 7.62. The van der Waals surface area contributed by atoms with Crippen molar-refractivity contribution >= 4 is 28.3 Å². The molecule has 1 aliphatic carbocycles. The van der Waals surface area contributed by atoms with E-state index in [1.807, 2.05) is 12.1 Å². The van der Waals surface area contributed by atoms with Crippen molar-refractivity contribution in [3.63, 3.8) is 0 Å². The van der Waals surface area contributed by atoms with E-state index in [9.17, 15) is 9.59 Å². The predicted octanol–water partition coefficient (Wildman–Crippen LogP) is 3.14. The van der Waals surface area contributed by atoms with Crippen LogP contribution in [0.4, 0.5) is 5.13 Å². The van der Waals surface area contributed by atoms with E-state index in [1.165, 1.54) is 11.3 Å². The lowest BCUT2D eigenvalue weighted by Crippen LogP contribution is -2.38. The normalized spacial score (nSPS) is 13.2. The van der Waals surface area contributed by atoms with Crippen molar-refractivity contribution in [2.75, 3.05) is 25.6 Å². The topological polar surface area (TPSA) is 93.7 Å². The fourth-order valence-corrected chi connectivity index (χ4v) is 3.97. The van der Waals surface area contributed by atoms with Gasteiger partial charge in [0.2, 0.25) is 11.0 Å². The zero-order chi connectivity index (χ0) is 21.5. The molecule has 1 aromatic carbocycles. The Bertz CT molecular complexity index is 866. The van der Waals surface area contributed by atoms with E-state index < -0.39 is 0 Å². The molecule has 0 spiro atoms. The maximum Gasteiger partial charge on any atom is 0.260 e. The van der Waals surface area contributed by atoms with Gasteiger partial charge in [-0.1, -0.05) is 37.3 Å². The molecule has 1 fully saturated rings. The van der Waals surface area contributed by atoms with Crippen LogP contribution in [0, 0.1) is 5.92 Å². The van der Waals surface area contributed by atoms with Crippen molar-refractivity contribution in [2.45, 2.75) is 45.6 Å². The Morgan fingerprint density at radius 2 is 1.97 bits per heavy atom. The van der Waals surface area contributed by atoms with E-state index in [0.29, 0.717) is 29.1 Å². The number of nitrogens with one attached hydrogen (secondary N) is 1. The number of hydrogen-bond donors (Lipinski definition) is 1. The maximum atomic E-state index is 12.7. The highest BCUT2D eigenvalue weighted by molar-refractivity contribution is 7.15. The van der Waals surface area contributed by atoms with E-state index in [0.717, 1.165) is 24.3 Å². The molecule has 8 nitrogen and oxygen atoms in total. The van der Waals surface area contributed by atoms with E-state index in [1.54, 1.807) is 24.1 Å². The van der Waals surface area contributed by atoms with Crippen LogP contribution in [0.2, 0.25) is 0 Å². The SMILES string of the molecule is COc1ccccc1OCC(=O)N(CCC(=O)Nc1nnc(CC(C)C)s1)C1CC1. The summed E-state index contributed by atoms with van der Waals surface area (Å²) in [6.07, 6.45) is 2.95. The number of carbonyl (C=O) groups excluding carboxylic acids is 2. The zero-order valence-corrected chi connectivity index (χ0v) is 18.4. The van der Waals surface area contributed by atoms with Crippen LogP contribution in [0.1, 0.15) is 38.1 Å². The first-order chi connectivity index (χ1) is 14.5. The molecule has 1 heterocycles. The third-order valence-electron chi connectivity index (χ3n) is 4.60. The molecular weight excluding hydrogens is 404 g/mol. The molecule has 1 N–H and O–H groups in total. The molecule has 0 aliphatic heterocycles. The molecule has 2 aromatic rings. The Morgan fingerprint density at radius 1 is 1.23 bits per heavy atom. The number of para-hydroxylation sites is 2. The largest absolute Gasteiger partial charge is 0.493 e. The fraction of sp³-hybridized carbons (Fsp3) is 0.524. The second kappa shape index (κ2) is 10.4. The molecule has 0 radical (unpaired) electrons. The second-order valence-electron chi connectivity index (χ2n) is 7.65. The minimum absolute atomic E-state index is 0.0898. The molecule has 2 amide bonds. The number of aromatic nitrogens is 2. The number of carbonyl (C=O) groups is 2. The highest BCUT2D eigenvalue weighted by atomic mass is 32.1. The lowest BCUT2D eigenvalue weighted by Gasteiger charge is -2.22. The van der Waals surface area contributed by atoms with Crippen molar-refractivity contribution in [1.82, 2.24) is 15.1 Å². The van der Waals surface area contributed by atoms with E-state index in [2.05, 4.69) is 29.4 Å². The maximum absolute atomic E-state index is 12.7. The molecule has 0 atom stereocenters. The summed E-state index contributed by atoms with van der Waals surface area (Å²) in [6.45, 7) is 4.48. The molecular formula is C21H28N4O4S. The summed E-state index contributed by atoms with van der Waals surface area (Å²) in [7, 11) is 1.56. The Balaban J connectivity index is 1.48. The molecule has 0 unspecified atom stereocenters. The van der Waals surface area contributed by atoms with Crippen LogP contribution >= 0.6 is 11.3 Å². The standard InChI is InChI=1S/C21H28N4O4S/c1-14(2)12-19-23-24-21(30-19)22-18(26)10-11-25(15-8-9-15)20(27)13-29-17-7-5-4-6-16(17)28-3/h4-7,14-15H,8-13H2,1-3H3,(H,22,24,26). The molecule has 1 aromatic heterocycles. The summed E-state index contributed by atoms with van der Waals surface area (Å²) in [5.74, 6) is 1.28. The van der Waals surface area contributed by atoms with Crippen LogP contribution in [0.25, 0.3) is 0 Å². The Labute approximate surface area is 180 Å². The number of hydrogen-bond acceptors (Lipinski definition) is 7. The summed E-state index contributed by atoms with van der Waals surface area (Å²) in [4.78, 5) is 26.7. The van der Waals surface area contributed by atoms with Crippen molar-refractivity contribution in [1.29, 1.82) is 0 Å². The third kappa shape index (κ3) is 6.41. The molecule has 162 valence electrons. The number of benzene rings is 1. The number of rotatable bonds is 11. The van der Waals surface area contributed by atoms with Crippen LogP contribution in [-0.4, -0.2) is 53.2 Å². The first-order valence-electron chi connectivity index (χ1n) is 10.1. The second-order valence-corrected chi connectivity index (χ2v) is 8.72. The van der Waals surface area contributed by atoms with E-state index >= 15 is 0 Å². The van der Waals surface area contributed by atoms with E-state index in [4.69, 9.17) is 9.47 Å². The summed E-state index contributed by atoms with van der Waals surface area (Å²) in [5, 5.41) is 12.3. The van der Waals surface area contributed by atoms with Gasteiger partial charge in [0.15, 0.2) is 18.1 Å². The third-order valence-corrected chi connectivity index (χ3v) is 5.47. The number of methoxy groups -OCH3 is 1. The van der Waals surface area contributed by atoms with E-state index in [-0.39, 0.29) is 30.9 Å². The minimum Gasteiger partial charge on any atom is -0.493 e. The zero-order valence-electron chi connectivity index (χ0n) is 17.6. The van der Waals surface area contributed by atoms with Gasteiger partial charge < -0.3 is 19.7 Å². The number of nitrogens with zero attached hydrogens (tertiary/aromatic N) is 3. The molecule has 0 saturated heterocycles. The molecule has 3 rings (SSSR count). The molecule has 9 heteroatoms. The van der Waals surface area contributed by atoms with Gasteiger partial charge in [-0.25, -0.2) is 0 Å².